The molecule has 0 atom stereocenters. The van der Waals surface area contributed by atoms with Gasteiger partial charge in [-0.05, 0) is 57.4 Å². The third-order valence-corrected chi connectivity index (χ3v) is 9.20. The largest absolute Gasteiger partial charge is 0.491 e. The molecule has 4 aliphatic carbocycles. The van der Waals surface area contributed by atoms with Crippen LogP contribution in [-0.2, 0) is 17.5 Å². The number of hydrogen-bond acceptors (Lipinski definition) is 7. The molecule has 3 heterocycles. The quantitative estimate of drug-likeness (QED) is 0.262. The van der Waals surface area contributed by atoms with E-state index >= 15 is 0 Å². The molecule has 0 saturated heterocycles. The number of carboxylic acids is 1. The lowest BCUT2D eigenvalue weighted by molar-refractivity contribution is -0.150. The van der Waals surface area contributed by atoms with Crippen molar-refractivity contribution in [2.75, 3.05) is 6.61 Å². The van der Waals surface area contributed by atoms with Crippen molar-refractivity contribution in [2.45, 2.75) is 75.7 Å². The molecule has 41 heavy (non-hydrogen) atoms. The molecule has 7 rings (SSSR count). The van der Waals surface area contributed by atoms with Crippen molar-refractivity contribution in [3.05, 3.63) is 57.3 Å². The van der Waals surface area contributed by atoms with E-state index in [2.05, 4.69) is 15.1 Å². The van der Waals surface area contributed by atoms with Gasteiger partial charge in [0.05, 0.1) is 40.6 Å². The minimum absolute atomic E-state index is 0.101. The van der Waals surface area contributed by atoms with Crippen molar-refractivity contribution < 1.29 is 37.1 Å². The summed E-state index contributed by atoms with van der Waals surface area (Å²) in [6, 6.07) is 0.710. The molecule has 3 aromatic heterocycles. The zero-order valence-corrected chi connectivity index (χ0v) is 23.3. The molecule has 0 radical (unpaired) electrons. The maximum absolute atomic E-state index is 13.4. The number of carboxylic acid groups (broad SMARTS) is 1. The summed E-state index contributed by atoms with van der Waals surface area (Å²) in [5, 5.41) is 14.1. The Hall–Kier alpha value is -2.89. The van der Waals surface area contributed by atoms with Gasteiger partial charge in [-0.15, -0.1) is 0 Å². The predicted octanol–water partition coefficient (Wildman–Crippen LogP) is 7.72. The number of pyridine rings is 2. The summed E-state index contributed by atoms with van der Waals surface area (Å²) in [5.41, 5.74) is -0.928. The SMILES string of the molecule is O=C(O)c1ncc(OCC23CCC(OCc4c(-c5c(Cl)cncc5Cl)noc4C4CC4)(CC2)CC3)cc1C(F)(F)F. The van der Waals surface area contributed by atoms with E-state index in [0.717, 1.165) is 68.9 Å². The highest BCUT2D eigenvalue weighted by Crippen LogP contribution is 2.55. The Morgan fingerprint density at radius 2 is 1.73 bits per heavy atom. The van der Waals surface area contributed by atoms with Gasteiger partial charge in [-0.3, -0.25) is 4.98 Å². The second-order valence-electron chi connectivity index (χ2n) is 11.3. The highest BCUT2D eigenvalue weighted by Gasteiger charge is 2.50. The Morgan fingerprint density at radius 3 is 2.32 bits per heavy atom. The van der Waals surface area contributed by atoms with Crippen LogP contribution < -0.4 is 4.74 Å². The Balaban J connectivity index is 1.13. The molecule has 4 saturated carbocycles. The normalized spacial score (nSPS) is 24.0. The van der Waals surface area contributed by atoms with Crippen molar-refractivity contribution in [3.8, 4) is 17.0 Å². The third-order valence-electron chi connectivity index (χ3n) is 8.63. The standard InChI is InChI=1S/C28H26Cl2F3N3O5/c29-19-11-34-12-20(30)21(19)22-17(24(41-36-22)15-1-2-15)13-40-27-6-3-26(4-7-27,5-8-27)14-39-16-9-18(28(31,32)33)23(25(37)38)35-10-16/h9-12,15H,1-8,13-14H2,(H,37,38). The number of ether oxygens (including phenoxy) is 2. The fraction of sp³-hybridized carbons (Fsp3) is 0.500. The second kappa shape index (κ2) is 10.4. The van der Waals surface area contributed by atoms with Crippen molar-refractivity contribution in [1.29, 1.82) is 0 Å². The van der Waals surface area contributed by atoms with Crippen LogP contribution in [0.1, 0.15) is 84.7 Å². The maximum atomic E-state index is 13.4. The van der Waals surface area contributed by atoms with Crippen LogP contribution in [0.15, 0.2) is 29.2 Å². The predicted molar refractivity (Wildman–Crippen MR) is 141 cm³/mol. The van der Waals surface area contributed by atoms with Crippen LogP contribution in [0.3, 0.4) is 0 Å². The molecule has 0 spiro atoms. The zero-order chi connectivity index (χ0) is 29.0. The Kier molecular flexibility index (Phi) is 7.18. The fourth-order valence-electron chi connectivity index (χ4n) is 6.00. The number of aromatic carboxylic acids is 1. The number of nitrogens with zero attached hydrogens (tertiary/aromatic N) is 3. The van der Waals surface area contributed by atoms with E-state index in [1.165, 1.54) is 12.4 Å². The maximum Gasteiger partial charge on any atom is 0.418 e. The Morgan fingerprint density at radius 1 is 1.07 bits per heavy atom. The molecule has 0 aliphatic heterocycles. The zero-order valence-electron chi connectivity index (χ0n) is 21.8. The first kappa shape index (κ1) is 28.2. The summed E-state index contributed by atoms with van der Waals surface area (Å²) in [7, 11) is 0. The van der Waals surface area contributed by atoms with Gasteiger partial charge in [-0.2, -0.15) is 13.2 Å². The van der Waals surface area contributed by atoms with Crippen molar-refractivity contribution >= 4 is 29.2 Å². The van der Waals surface area contributed by atoms with Gasteiger partial charge in [-0.25, -0.2) is 9.78 Å². The molecular weight excluding hydrogens is 586 g/mol. The van der Waals surface area contributed by atoms with Crippen LogP contribution in [0.5, 0.6) is 5.75 Å². The molecule has 0 unspecified atom stereocenters. The van der Waals surface area contributed by atoms with E-state index < -0.39 is 23.4 Å². The average molecular weight is 612 g/mol. The van der Waals surface area contributed by atoms with Gasteiger partial charge >= 0.3 is 12.1 Å². The average Bonchev–Trinajstić information content (AvgIpc) is 3.71. The summed E-state index contributed by atoms with van der Waals surface area (Å²) in [5.74, 6) is -0.745. The molecule has 0 aromatic carbocycles. The van der Waals surface area contributed by atoms with Crippen LogP contribution in [-0.4, -0.2) is 38.4 Å². The smallest absolute Gasteiger partial charge is 0.418 e. The molecule has 0 amide bonds. The summed E-state index contributed by atoms with van der Waals surface area (Å²) >= 11 is 12.9. The van der Waals surface area contributed by atoms with E-state index in [1.54, 1.807) is 0 Å². The van der Waals surface area contributed by atoms with E-state index in [0.29, 0.717) is 39.9 Å². The summed E-state index contributed by atoms with van der Waals surface area (Å²) in [6.07, 6.45) is 5.92. The first-order valence-electron chi connectivity index (χ1n) is 13.3. The monoisotopic (exact) mass is 611 g/mol. The van der Waals surface area contributed by atoms with E-state index in [-0.39, 0.29) is 23.4 Å². The highest BCUT2D eigenvalue weighted by molar-refractivity contribution is 6.38. The van der Waals surface area contributed by atoms with E-state index in [1.807, 2.05) is 0 Å². The number of fused-ring (bicyclic) bond motifs is 3. The third kappa shape index (κ3) is 5.51. The molecule has 1 N–H and O–H groups in total. The van der Waals surface area contributed by atoms with E-state index in [9.17, 15) is 18.0 Å². The molecule has 4 fully saturated rings. The number of rotatable bonds is 9. The molecule has 2 bridgehead atoms. The number of carbonyl (C=O) groups is 1. The summed E-state index contributed by atoms with van der Waals surface area (Å²) < 4.78 is 58.3. The van der Waals surface area contributed by atoms with Crippen LogP contribution in [0, 0.1) is 5.41 Å². The second-order valence-corrected chi connectivity index (χ2v) is 12.1. The van der Waals surface area contributed by atoms with Gasteiger partial charge in [0.15, 0.2) is 5.69 Å². The van der Waals surface area contributed by atoms with Crippen molar-refractivity contribution in [2.24, 2.45) is 5.41 Å². The van der Waals surface area contributed by atoms with Crippen molar-refractivity contribution in [1.82, 2.24) is 15.1 Å². The molecule has 4 aliphatic rings. The van der Waals surface area contributed by atoms with E-state index in [4.69, 9.17) is 42.3 Å². The summed E-state index contributed by atoms with van der Waals surface area (Å²) in [4.78, 5) is 18.7. The first-order chi connectivity index (χ1) is 19.5. The van der Waals surface area contributed by atoms with Gasteiger partial charge in [0, 0.05) is 34.9 Å². The molecule has 13 heteroatoms. The Bertz CT molecular complexity index is 1450. The topological polar surface area (TPSA) is 108 Å². The lowest BCUT2D eigenvalue weighted by Crippen LogP contribution is -2.49. The van der Waals surface area contributed by atoms with Crippen molar-refractivity contribution in [3.63, 3.8) is 0 Å². The minimum atomic E-state index is -4.86. The first-order valence-corrected chi connectivity index (χ1v) is 14.1. The van der Waals surface area contributed by atoms with Gasteiger partial charge in [0.1, 0.15) is 17.2 Å². The number of hydrogen-bond donors (Lipinski definition) is 1. The van der Waals surface area contributed by atoms with Crippen LogP contribution >= 0.6 is 23.2 Å². The number of halogens is 5. The van der Waals surface area contributed by atoms with Gasteiger partial charge in [0.2, 0.25) is 0 Å². The number of aromatic nitrogens is 3. The molecule has 218 valence electrons. The molecule has 3 aromatic rings. The number of alkyl halides is 3. The Labute approximate surface area is 243 Å². The summed E-state index contributed by atoms with van der Waals surface area (Å²) in [6.45, 7) is 0.514. The fourth-order valence-corrected chi connectivity index (χ4v) is 6.54. The van der Waals surface area contributed by atoms with Crippen LogP contribution in [0.2, 0.25) is 10.0 Å². The van der Waals surface area contributed by atoms with Crippen LogP contribution in [0.25, 0.3) is 11.3 Å². The van der Waals surface area contributed by atoms with Crippen LogP contribution in [0.4, 0.5) is 13.2 Å². The van der Waals surface area contributed by atoms with Gasteiger partial charge in [-0.1, -0.05) is 28.4 Å². The lowest BCUT2D eigenvalue weighted by Gasteiger charge is -2.52. The lowest BCUT2D eigenvalue weighted by atomic mass is 9.59. The highest BCUT2D eigenvalue weighted by atomic mass is 35.5. The molecule has 8 nitrogen and oxygen atoms in total. The van der Waals surface area contributed by atoms with Gasteiger partial charge < -0.3 is 19.1 Å². The minimum Gasteiger partial charge on any atom is -0.491 e. The van der Waals surface area contributed by atoms with Gasteiger partial charge in [0.25, 0.3) is 0 Å². The molecular formula is C28H26Cl2F3N3O5.